The molecule has 2 saturated heterocycles. The molecule has 3 aliphatic rings. The Morgan fingerprint density at radius 1 is 0.976 bits per heavy atom. The fourth-order valence-electron chi connectivity index (χ4n) is 6.16. The summed E-state index contributed by atoms with van der Waals surface area (Å²) in [6, 6.07) is 0. The van der Waals surface area contributed by atoms with Crippen LogP contribution in [0, 0.1) is 11.8 Å². The summed E-state index contributed by atoms with van der Waals surface area (Å²) in [5.74, 6) is 0.0250. The number of amides is 2. The lowest BCUT2D eigenvalue weighted by Gasteiger charge is -2.30. The fraction of sp³-hybridized carbons (Fsp3) is 0.818. The number of hydrogen-bond acceptors (Lipinski definition) is 6. The number of unbranched alkanes of at least 4 members (excludes halogenated alkanes) is 3. The first-order valence-electron chi connectivity index (χ1n) is 16.1. The lowest BCUT2D eigenvalue weighted by atomic mass is 9.88. The van der Waals surface area contributed by atoms with E-state index in [0.717, 1.165) is 103 Å². The summed E-state index contributed by atoms with van der Waals surface area (Å²) >= 11 is 7.01. The summed E-state index contributed by atoms with van der Waals surface area (Å²) in [4.78, 5) is 22.8. The Hall–Kier alpha value is -1.25. The molecule has 8 heteroatoms. The second-order valence-corrected chi connectivity index (χ2v) is 12.8. The number of allylic oxidation sites excluding steroid dienone is 2. The van der Waals surface area contributed by atoms with Crippen LogP contribution in [-0.4, -0.2) is 55.2 Å². The van der Waals surface area contributed by atoms with E-state index in [-0.39, 0.29) is 47.9 Å². The van der Waals surface area contributed by atoms with Crippen LogP contribution in [0.2, 0.25) is 0 Å². The van der Waals surface area contributed by atoms with Gasteiger partial charge in [-0.1, -0.05) is 43.1 Å². The Bertz CT molecular complexity index is 832. The first-order chi connectivity index (χ1) is 19.8. The second kappa shape index (κ2) is 19.1. The highest BCUT2D eigenvalue weighted by Crippen LogP contribution is 2.43. The van der Waals surface area contributed by atoms with E-state index in [2.05, 4.69) is 37.4 Å². The van der Waals surface area contributed by atoms with Crippen molar-refractivity contribution < 1.29 is 28.5 Å². The first kappa shape index (κ1) is 34.2. The zero-order chi connectivity index (χ0) is 29.5. The molecule has 2 amide bonds. The van der Waals surface area contributed by atoms with Crippen molar-refractivity contribution in [3.63, 3.8) is 0 Å². The maximum Gasteiger partial charge on any atom is 0.226 e. The molecule has 7 atom stereocenters. The summed E-state index contributed by atoms with van der Waals surface area (Å²) < 4.78 is 24.9. The summed E-state index contributed by atoms with van der Waals surface area (Å²) in [5, 5.41) is 2.39. The number of carbonyl (C=O) groups excluding carboxylic acids is 2. The van der Waals surface area contributed by atoms with Crippen molar-refractivity contribution in [3.05, 3.63) is 23.8 Å². The van der Waals surface area contributed by atoms with Gasteiger partial charge in [0.25, 0.3) is 0 Å². The summed E-state index contributed by atoms with van der Waals surface area (Å²) in [5.41, 5.74) is 1.32. The molecule has 0 aromatic heterocycles. The van der Waals surface area contributed by atoms with Gasteiger partial charge in [0, 0.05) is 37.9 Å². The normalized spacial score (nSPS) is 29.4. The van der Waals surface area contributed by atoms with E-state index in [1.807, 2.05) is 0 Å². The molecule has 0 aromatic rings. The number of nitrogens with one attached hydrogen (secondary N) is 1. The van der Waals surface area contributed by atoms with Gasteiger partial charge in [-0.3, -0.25) is 14.9 Å². The highest BCUT2D eigenvalue weighted by Gasteiger charge is 2.42. The van der Waals surface area contributed by atoms with E-state index in [1.54, 1.807) is 0 Å². The lowest BCUT2D eigenvalue weighted by Crippen LogP contribution is -2.31. The minimum absolute atomic E-state index is 0.0172. The number of imide groups is 1. The standard InChI is InChI=1S/C33H54ClNO6/c1-24(2)13-12-14-26(40-32-17-8-10-21-38-32)19-20-28-27(15-6-4-5-7-16-31(37)35-25(3)36)29(34)23-30(28)41-33-18-9-11-22-39-33/h13,19-20,26-30,32-33H,4-12,14-18,21-23H2,1-3H3,(H,35,36,37)/b20-19+/t26-,27-,28-,29-,30-,32?,33?/m1/s1. The van der Waals surface area contributed by atoms with Crippen molar-refractivity contribution in [2.75, 3.05) is 13.2 Å². The van der Waals surface area contributed by atoms with Crippen LogP contribution in [0.15, 0.2) is 23.8 Å². The number of rotatable bonds is 16. The molecule has 2 heterocycles. The predicted octanol–water partition coefficient (Wildman–Crippen LogP) is 7.36. The van der Waals surface area contributed by atoms with Crippen LogP contribution in [-0.2, 0) is 28.5 Å². The molecule has 0 aromatic carbocycles. The SMILES string of the molecule is CC(=O)NC(=O)CCCCCC[C@@H]1[C@@H](/C=C/[C@@H](CCC=C(C)C)OC2CCCCO2)[C@H](OC2CCCCO2)C[C@H]1Cl. The molecule has 0 bridgehead atoms. The van der Waals surface area contributed by atoms with Crippen LogP contribution in [0.25, 0.3) is 0 Å². The maximum absolute atomic E-state index is 11.7. The fourth-order valence-corrected chi connectivity index (χ4v) is 6.63. The molecular weight excluding hydrogens is 542 g/mol. The third kappa shape index (κ3) is 13.3. The average Bonchev–Trinajstić information content (AvgIpc) is 3.22. The Morgan fingerprint density at radius 3 is 2.34 bits per heavy atom. The predicted molar refractivity (Wildman–Crippen MR) is 162 cm³/mol. The quantitative estimate of drug-likeness (QED) is 0.114. The van der Waals surface area contributed by atoms with Crippen molar-refractivity contribution in [2.45, 2.75) is 147 Å². The van der Waals surface area contributed by atoms with Gasteiger partial charge in [0.2, 0.25) is 11.8 Å². The van der Waals surface area contributed by atoms with Gasteiger partial charge in [0.05, 0.1) is 12.2 Å². The zero-order valence-corrected chi connectivity index (χ0v) is 26.4. The van der Waals surface area contributed by atoms with Gasteiger partial charge in [-0.15, -0.1) is 11.6 Å². The maximum atomic E-state index is 11.7. The summed E-state index contributed by atoms with van der Waals surface area (Å²) in [7, 11) is 0. The lowest BCUT2D eigenvalue weighted by molar-refractivity contribution is -0.192. The van der Waals surface area contributed by atoms with Crippen molar-refractivity contribution in [3.8, 4) is 0 Å². The average molecular weight is 596 g/mol. The molecule has 1 N–H and O–H groups in total. The number of alkyl halides is 1. The molecule has 0 radical (unpaired) electrons. The van der Waals surface area contributed by atoms with Gasteiger partial charge in [-0.05, 0) is 90.4 Å². The largest absolute Gasteiger partial charge is 0.353 e. The van der Waals surface area contributed by atoms with E-state index in [1.165, 1.54) is 12.5 Å². The van der Waals surface area contributed by atoms with Gasteiger partial charge < -0.3 is 18.9 Å². The second-order valence-electron chi connectivity index (χ2n) is 12.2. The van der Waals surface area contributed by atoms with E-state index < -0.39 is 0 Å². The summed E-state index contributed by atoms with van der Waals surface area (Å²) in [6.45, 7) is 7.17. The molecular formula is C33H54ClNO6. The Morgan fingerprint density at radius 2 is 1.68 bits per heavy atom. The third-order valence-electron chi connectivity index (χ3n) is 8.33. The third-order valence-corrected chi connectivity index (χ3v) is 8.84. The van der Waals surface area contributed by atoms with Crippen LogP contribution in [0.4, 0.5) is 0 Å². The minimum atomic E-state index is -0.297. The molecule has 234 valence electrons. The van der Waals surface area contributed by atoms with Crippen molar-refractivity contribution >= 4 is 23.4 Å². The monoisotopic (exact) mass is 595 g/mol. The highest BCUT2D eigenvalue weighted by molar-refractivity contribution is 6.21. The zero-order valence-electron chi connectivity index (χ0n) is 25.6. The van der Waals surface area contributed by atoms with Crippen molar-refractivity contribution in [1.82, 2.24) is 5.32 Å². The first-order valence-corrected chi connectivity index (χ1v) is 16.6. The Balaban J connectivity index is 1.61. The molecule has 1 saturated carbocycles. The van der Waals surface area contributed by atoms with Crippen LogP contribution in [0.1, 0.15) is 117 Å². The van der Waals surface area contributed by atoms with Gasteiger partial charge in [-0.25, -0.2) is 0 Å². The minimum Gasteiger partial charge on any atom is -0.353 e. The molecule has 41 heavy (non-hydrogen) atoms. The van der Waals surface area contributed by atoms with Crippen molar-refractivity contribution in [2.24, 2.45) is 11.8 Å². The van der Waals surface area contributed by atoms with Crippen LogP contribution < -0.4 is 5.32 Å². The Labute approximate surface area is 253 Å². The van der Waals surface area contributed by atoms with Gasteiger partial charge >= 0.3 is 0 Å². The molecule has 1 aliphatic carbocycles. The van der Waals surface area contributed by atoms with E-state index in [9.17, 15) is 9.59 Å². The van der Waals surface area contributed by atoms with Gasteiger partial charge in [-0.2, -0.15) is 0 Å². The van der Waals surface area contributed by atoms with Gasteiger partial charge in [0.1, 0.15) is 0 Å². The number of ether oxygens (including phenoxy) is 4. The molecule has 2 aliphatic heterocycles. The van der Waals surface area contributed by atoms with Gasteiger partial charge in [0.15, 0.2) is 12.6 Å². The highest BCUT2D eigenvalue weighted by atomic mass is 35.5. The number of carbonyl (C=O) groups is 2. The van der Waals surface area contributed by atoms with E-state index in [4.69, 9.17) is 30.5 Å². The molecule has 2 unspecified atom stereocenters. The molecule has 7 nitrogen and oxygen atoms in total. The number of halogens is 1. The van der Waals surface area contributed by atoms with E-state index >= 15 is 0 Å². The van der Waals surface area contributed by atoms with Crippen LogP contribution >= 0.6 is 11.6 Å². The smallest absolute Gasteiger partial charge is 0.226 e. The molecule has 3 rings (SSSR count). The molecule has 3 fully saturated rings. The van der Waals surface area contributed by atoms with Crippen LogP contribution in [0.3, 0.4) is 0 Å². The van der Waals surface area contributed by atoms with E-state index in [0.29, 0.717) is 12.3 Å². The number of hydrogen-bond donors (Lipinski definition) is 1. The van der Waals surface area contributed by atoms with Crippen molar-refractivity contribution in [1.29, 1.82) is 0 Å². The summed E-state index contributed by atoms with van der Waals surface area (Å²) in [6.07, 6.45) is 20.9. The van der Waals surface area contributed by atoms with Crippen LogP contribution in [0.5, 0.6) is 0 Å². The molecule has 0 spiro atoms. The Kier molecular flexibility index (Phi) is 16.0. The topological polar surface area (TPSA) is 83.1 Å².